The fraction of sp³-hybridized carbons (Fsp3) is 0.714. The van der Waals surface area contributed by atoms with Gasteiger partial charge in [-0.2, -0.15) is 0 Å². The molecule has 0 rings (SSSR count). The average molecular weight is 161 g/mol. The Balaban J connectivity index is 0. The van der Waals surface area contributed by atoms with Crippen LogP contribution in [0.2, 0.25) is 0 Å². The molecule has 1 amide bonds. The first kappa shape index (κ1) is 12.6. The third-order valence-electron chi connectivity index (χ3n) is 0.851. The smallest absolute Gasteiger partial charge is 0.290 e. The normalized spacial score (nSPS) is 7.45. The Morgan fingerprint density at radius 2 is 2.00 bits per heavy atom. The Morgan fingerprint density at radius 3 is 2.27 bits per heavy atom. The highest BCUT2D eigenvalue weighted by Crippen LogP contribution is 1.83. The van der Waals surface area contributed by atoms with Crippen molar-refractivity contribution in [1.29, 1.82) is 0 Å². The number of nitrogens with one attached hydrogen (secondary N) is 1. The summed E-state index contributed by atoms with van der Waals surface area (Å²) in [6.45, 7) is 4.42. The maximum atomic E-state index is 10.5. The van der Waals surface area contributed by atoms with Crippen LogP contribution in [0.3, 0.4) is 0 Å². The van der Waals surface area contributed by atoms with Crippen LogP contribution in [0, 0.1) is 0 Å². The zero-order chi connectivity index (χ0) is 9.11. The van der Waals surface area contributed by atoms with E-state index in [0.717, 1.165) is 13.0 Å². The number of hydrogen-bond donors (Lipinski definition) is 2. The second-order valence-corrected chi connectivity index (χ2v) is 1.81. The summed E-state index contributed by atoms with van der Waals surface area (Å²) >= 11 is 0. The van der Waals surface area contributed by atoms with Gasteiger partial charge in [-0.25, -0.2) is 0 Å². The number of amides is 1. The molecule has 0 heterocycles. The molecule has 0 unspecified atom stereocenters. The molecule has 2 N–H and O–H groups in total. The number of carboxylic acid groups (broad SMARTS) is 1. The molecule has 4 heteroatoms. The van der Waals surface area contributed by atoms with Crippen LogP contribution in [-0.2, 0) is 9.59 Å². The fourth-order valence-electron chi connectivity index (χ4n) is 0.513. The molecule has 11 heavy (non-hydrogen) atoms. The summed E-state index contributed by atoms with van der Waals surface area (Å²) < 4.78 is 0. The summed E-state index contributed by atoms with van der Waals surface area (Å²) in [5.41, 5.74) is 0. The first-order valence-electron chi connectivity index (χ1n) is 3.57. The van der Waals surface area contributed by atoms with Crippen LogP contribution in [0.1, 0.15) is 26.7 Å². The van der Waals surface area contributed by atoms with E-state index in [-0.39, 0.29) is 12.4 Å². The van der Waals surface area contributed by atoms with Crippen LogP contribution >= 0.6 is 0 Å². The van der Waals surface area contributed by atoms with E-state index in [4.69, 9.17) is 9.90 Å². The Bertz CT molecular complexity index is 95.9. The first-order chi connectivity index (χ1) is 5.22. The topological polar surface area (TPSA) is 66.4 Å². The van der Waals surface area contributed by atoms with E-state index in [0.29, 0.717) is 6.42 Å². The lowest BCUT2D eigenvalue weighted by Gasteiger charge is -1.96. The zero-order valence-corrected chi connectivity index (χ0v) is 6.96. The van der Waals surface area contributed by atoms with Gasteiger partial charge in [0.05, 0.1) is 0 Å². The highest BCUT2D eigenvalue weighted by molar-refractivity contribution is 5.75. The molecule has 4 nitrogen and oxygen atoms in total. The van der Waals surface area contributed by atoms with Crippen molar-refractivity contribution in [3.8, 4) is 0 Å². The van der Waals surface area contributed by atoms with E-state index in [9.17, 15) is 4.79 Å². The number of carbonyl (C=O) groups is 2. The van der Waals surface area contributed by atoms with Gasteiger partial charge in [-0.15, -0.1) is 0 Å². The molecule has 0 saturated carbocycles. The molecule has 0 saturated heterocycles. The van der Waals surface area contributed by atoms with Gasteiger partial charge < -0.3 is 10.4 Å². The third kappa shape index (κ3) is 17.6. The van der Waals surface area contributed by atoms with E-state index in [1.165, 1.54) is 0 Å². The van der Waals surface area contributed by atoms with Crippen molar-refractivity contribution in [2.24, 2.45) is 0 Å². The largest absolute Gasteiger partial charge is 0.483 e. The predicted molar refractivity (Wildman–Crippen MR) is 42.3 cm³/mol. The maximum absolute atomic E-state index is 10.5. The fourth-order valence-corrected chi connectivity index (χ4v) is 0.513. The molecule has 0 atom stereocenters. The molecule has 0 aliphatic rings. The van der Waals surface area contributed by atoms with Crippen molar-refractivity contribution in [1.82, 2.24) is 5.32 Å². The minimum atomic E-state index is -0.250. The van der Waals surface area contributed by atoms with Gasteiger partial charge in [0.15, 0.2) is 0 Å². The molecule has 0 radical (unpaired) electrons. The number of rotatable bonds is 3. The average Bonchev–Trinajstić information content (AvgIpc) is 1.90. The van der Waals surface area contributed by atoms with Gasteiger partial charge in [0.2, 0.25) is 5.91 Å². The predicted octanol–water partition coefficient (Wildman–Crippen LogP) is 0.623. The lowest BCUT2D eigenvalue weighted by Crippen LogP contribution is -2.21. The quantitative estimate of drug-likeness (QED) is 0.596. The SMILES string of the molecule is CCCC(=O)NCC.O=CO. The van der Waals surface area contributed by atoms with Gasteiger partial charge in [0, 0.05) is 13.0 Å². The summed E-state index contributed by atoms with van der Waals surface area (Å²) in [7, 11) is 0. The lowest BCUT2D eigenvalue weighted by atomic mass is 10.3. The van der Waals surface area contributed by atoms with Crippen molar-refractivity contribution in [2.75, 3.05) is 6.54 Å². The van der Waals surface area contributed by atoms with Crippen molar-refractivity contribution < 1.29 is 14.7 Å². The maximum Gasteiger partial charge on any atom is 0.290 e. The van der Waals surface area contributed by atoms with Crippen LogP contribution in [0.4, 0.5) is 0 Å². The molecule has 0 fully saturated rings. The Hall–Kier alpha value is -1.06. The lowest BCUT2D eigenvalue weighted by molar-refractivity contribution is -0.123. The summed E-state index contributed by atoms with van der Waals surface area (Å²) in [6, 6.07) is 0. The second kappa shape index (κ2) is 11.7. The first-order valence-corrected chi connectivity index (χ1v) is 3.57. The Labute approximate surface area is 66.6 Å². The highest BCUT2D eigenvalue weighted by atomic mass is 16.3. The van der Waals surface area contributed by atoms with Crippen LogP contribution < -0.4 is 5.32 Å². The second-order valence-electron chi connectivity index (χ2n) is 1.81. The standard InChI is InChI=1S/C6H13NO.CH2O2/c1-3-5-6(8)7-4-2;2-1-3/h3-5H2,1-2H3,(H,7,8);1H,(H,2,3). The molecule has 0 aliphatic heterocycles. The van der Waals surface area contributed by atoms with Gasteiger partial charge in [-0.3, -0.25) is 9.59 Å². The minimum Gasteiger partial charge on any atom is -0.483 e. The summed E-state index contributed by atoms with van der Waals surface area (Å²) in [6.07, 6.45) is 1.60. The Morgan fingerprint density at radius 1 is 1.55 bits per heavy atom. The van der Waals surface area contributed by atoms with Gasteiger partial charge in [-0.05, 0) is 13.3 Å². The van der Waals surface area contributed by atoms with Crippen molar-refractivity contribution >= 4 is 12.4 Å². The molecule has 0 aromatic heterocycles. The summed E-state index contributed by atoms with van der Waals surface area (Å²) in [4.78, 5) is 18.9. The van der Waals surface area contributed by atoms with Gasteiger partial charge in [0.1, 0.15) is 0 Å². The van der Waals surface area contributed by atoms with Crippen molar-refractivity contribution in [3.05, 3.63) is 0 Å². The van der Waals surface area contributed by atoms with Crippen LogP contribution in [0.5, 0.6) is 0 Å². The minimum absolute atomic E-state index is 0.162. The summed E-state index contributed by atoms with van der Waals surface area (Å²) in [5, 5.41) is 9.60. The van der Waals surface area contributed by atoms with E-state index >= 15 is 0 Å². The van der Waals surface area contributed by atoms with E-state index < -0.39 is 0 Å². The number of hydrogen-bond acceptors (Lipinski definition) is 2. The van der Waals surface area contributed by atoms with Gasteiger partial charge in [-0.1, -0.05) is 6.92 Å². The third-order valence-corrected chi connectivity index (χ3v) is 0.851. The molecule has 0 aliphatic carbocycles. The molecule has 66 valence electrons. The summed E-state index contributed by atoms with van der Waals surface area (Å²) in [5.74, 6) is 0.162. The number of carbonyl (C=O) groups excluding carboxylic acids is 1. The molecular formula is C7H15NO3. The van der Waals surface area contributed by atoms with Crippen molar-refractivity contribution in [3.63, 3.8) is 0 Å². The molecule has 0 bridgehead atoms. The highest BCUT2D eigenvalue weighted by Gasteiger charge is 1.92. The van der Waals surface area contributed by atoms with Crippen LogP contribution in [0.15, 0.2) is 0 Å². The van der Waals surface area contributed by atoms with E-state index in [1.54, 1.807) is 0 Å². The van der Waals surface area contributed by atoms with E-state index in [2.05, 4.69) is 5.32 Å². The van der Waals surface area contributed by atoms with Crippen LogP contribution in [-0.4, -0.2) is 24.0 Å². The molecular weight excluding hydrogens is 146 g/mol. The zero-order valence-electron chi connectivity index (χ0n) is 6.96. The molecule has 0 aromatic rings. The van der Waals surface area contributed by atoms with Crippen molar-refractivity contribution in [2.45, 2.75) is 26.7 Å². The van der Waals surface area contributed by atoms with Gasteiger partial charge >= 0.3 is 0 Å². The monoisotopic (exact) mass is 161 g/mol. The molecule has 0 aromatic carbocycles. The van der Waals surface area contributed by atoms with Gasteiger partial charge in [0.25, 0.3) is 6.47 Å². The van der Waals surface area contributed by atoms with Crippen LogP contribution in [0.25, 0.3) is 0 Å². The Kier molecular flexibility index (Phi) is 13.4. The van der Waals surface area contributed by atoms with E-state index in [1.807, 2.05) is 13.8 Å². The molecule has 0 spiro atoms.